The van der Waals surface area contributed by atoms with E-state index in [4.69, 9.17) is 11.6 Å². The van der Waals surface area contributed by atoms with Gasteiger partial charge in [-0.2, -0.15) is 0 Å². The van der Waals surface area contributed by atoms with Gasteiger partial charge in [0.2, 0.25) is 0 Å². The molecule has 0 atom stereocenters. The largest absolute Gasteiger partial charge is 0.438 e. The normalized spacial score (nSPS) is 11.7. The first-order valence-corrected chi connectivity index (χ1v) is 7.40. The lowest BCUT2D eigenvalue weighted by atomic mass is 10.2. The van der Waals surface area contributed by atoms with Crippen LogP contribution in [0.3, 0.4) is 0 Å². The molecule has 0 aliphatic carbocycles. The number of hydrogen-bond donors (Lipinski definition) is 1. The fraction of sp³-hybridized carbons (Fsp3) is 0.0667. The number of nitrogens with zero attached hydrogens (tertiary/aromatic N) is 5. The summed E-state index contributed by atoms with van der Waals surface area (Å²) >= 11 is 5.80. The molecule has 25 heavy (non-hydrogen) atoms. The van der Waals surface area contributed by atoms with Gasteiger partial charge in [0.15, 0.2) is 0 Å². The van der Waals surface area contributed by atoms with Crippen molar-refractivity contribution in [2.45, 2.75) is 6.54 Å². The van der Waals surface area contributed by atoms with Crippen LogP contribution in [-0.2, 0) is 6.54 Å². The fourth-order valence-electron chi connectivity index (χ4n) is 2.11. The summed E-state index contributed by atoms with van der Waals surface area (Å²) < 4.78 is 12.9. The van der Waals surface area contributed by atoms with Gasteiger partial charge in [0, 0.05) is 5.02 Å². The number of nitro groups is 1. The molecule has 3 aromatic rings. The van der Waals surface area contributed by atoms with E-state index >= 15 is 0 Å². The molecule has 10 heteroatoms. The van der Waals surface area contributed by atoms with Gasteiger partial charge in [0.25, 0.3) is 5.49 Å². The first-order valence-electron chi connectivity index (χ1n) is 7.02. The number of hydrogen-bond acceptors (Lipinski definition) is 5. The van der Waals surface area contributed by atoms with Crippen molar-refractivity contribution in [1.29, 1.82) is 0 Å². The van der Waals surface area contributed by atoms with Crippen LogP contribution in [0.25, 0.3) is 5.69 Å². The fourth-order valence-corrected chi connectivity index (χ4v) is 2.23. The minimum Gasteiger partial charge on any atom is -0.409 e. The summed E-state index contributed by atoms with van der Waals surface area (Å²) in [6.45, 7) is 0.00793. The Hall–Kier alpha value is -3.20. The minimum atomic E-state index is -0.747. The molecule has 0 fully saturated rings. The first kappa shape index (κ1) is 16.7. The second kappa shape index (κ2) is 6.73. The molecule has 0 radical (unpaired) electrons. The number of halogens is 2. The molecule has 0 saturated heterocycles. The summed E-state index contributed by atoms with van der Waals surface area (Å²) in [6.07, 6.45) is 0. The lowest BCUT2D eigenvalue weighted by molar-refractivity contribution is -0.391. The smallest absolute Gasteiger partial charge is 0.409 e. The molecule has 1 heterocycles. The molecule has 0 saturated carbocycles. The maximum absolute atomic E-state index is 12.9. The molecule has 0 aliphatic rings. The van der Waals surface area contributed by atoms with Crippen LogP contribution in [-0.4, -0.2) is 24.9 Å². The third-order valence-corrected chi connectivity index (χ3v) is 3.57. The topological polar surface area (TPSA) is 98.5 Å². The van der Waals surface area contributed by atoms with Crippen LogP contribution < -0.4 is 5.49 Å². The van der Waals surface area contributed by atoms with Crippen LogP contribution in [0.5, 0.6) is 0 Å². The lowest BCUT2D eigenvalue weighted by Gasteiger charge is -1.99. The van der Waals surface area contributed by atoms with Gasteiger partial charge in [-0.05, 0) is 51.7 Å². The quantitative estimate of drug-likeness (QED) is 0.437. The Morgan fingerprint density at radius 2 is 1.84 bits per heavy atom. The third kappa shape index (κ3) is 3.50. The molecule has 0 unspecified atom stereocenters. The highest BCUT2D eigenvalue weighted by Crippen LogP contribution is 2.13. The molecule has 128 valence electrons. The highest BCUT2D eigenvalue weighted by molar-refractivity contribution is 6.30. The van der Waals surface area contributed by atoms with Crippen LogP contribution in [0.15, 0.2) is 53.5 Å². The Balaban J connectivity index is 2.05. The van der Waals surface area contributed by atoms with E-state index in [-0.39, 0.29) is 12.0 Å². The molecule has 1 N–H and O–H groups in total. The standard InChI is InChI=1S/C15H11ClFN5O3/c16-11-3-7-13(8-4-11)20-19-15(22(24)25)14(21(20)23)18-9-10-1-5-12(17)6-2-10/h1-8,23H,9H2. The van der Waals surface area contributed by atoms with Crippen molar-refractivity contribution in [2.75, 3.05) is 0 Å². The van der Waals surface area contributed by atoms with E-state index in [2.05, 4.69) is 10.1 Å². The molecule has 1 aromatic heterocycles. The highest BCUT2D eigenvalue weighted by atomic mass is 35.5. The first-order chi connectivity index (χ1) is 12.0. The third-order valence-electron chi connectivity index (χ3n) is 3.31. The molecular formula is C15H11ClFN5O3. The Kier molecular flexibility index (Phi) is 4.48. The summed E-state index contributed by atoms with van der Waals surface area (Å²) in [4.78, 5) is 15.9. The van der Waals surface area contributed by atoms with Crippen molar-refractivity contribution in [3.63, 3.8) is 0 Å². The van der Waals surface area contributed by atoms with E-state index in [1.165, 1.54) is 36.4 Å². The Morgan fingerprint density at radius 1 is 1.20 bits per heavy atom. The molecular weight excluding hydrogens is 353 g/mol. The van der Waals surface area contributed by atoms with Gasteiger partial charge >= 0.3 is 5.82 Å². The zero-order chi connectivity index (χ0) is 18.0. The predicted molar refractivity (Wildman–Crippen MR) is 86.1 cm³/mol. The molecule has 0 bridgehead atoms. The Bertz CT molecular complexity index is 980. The monoisotopic (exact) mass is 363 g/mol. The van der Waals surface area contributed by atoms with E-state index in [0.29, 0.717) is 21.1 Å². The van der Waals surface area contributed by atoms with E-state index in [9.17, 15) is 19.7 Å². The highest BCUT2D eigenvalue weighted by Gasteiger charge is 2.23. The van der Waals surface area contributed by atoms with Crippen molar-refractivity contribution in [3.8, 4) is 5.69 Å². The Morgan fingerprint density at radius 3 is 2.44 bits per heavy atom. The summed E-state index contributed by atoms with van der Waals surface area (Å²) in [5, 5.41) is 25.7. The van der Waals surface area contributed by atoms with Gasteiger partial charge in [-0.25, -0.2) is 4.39 Å². The second-order valence-corrected chi connectivity index (χ2v) is 5.44. The minimum absolute atomic E-state index is 0.00793. The summed E-state index contributed by atoms with van der Waals surface area (Å²) in [7, 11) is 0. The van der Waals surface area contributed by atoms with Crippen LogP contribution in [0.4, 0.5) is 10.2 Å². The predicted octanol–water partition coefficient (Wildman–Crippen LogP) is 2.71. The molecule has 2 aromatic carbocycles. The van der Waals surface area contributed by atoms with E-state index in [1.807, 2.05) is 0 Å². The van der Waals surface area contributed by atoms with Gasteiger partial charge in [-0.3, -0.25) is 4.99 Å². The van der Waals surface area contributed by atoms with Crippen LogP contribution in [0.2, 0.25) is 5.02 Å². The van der Waals surface area contributed by atoms with Crippen molar-refractivity contribution >= 4 is 17.4 Å². The molecule has 8 nitrogen and oxygen atoms in total. The Labute approximate surface area is 145 Å². The van der Waals surface area contributed by atoms with Crippen molar-refractivity contribution in [1.82, 2.24) is 14.7 Å². The van der Waals surface area contributed by atoms with E-state index < -0.39 is 16.6 Å². The summed E-state index contributed by atoms with van der Waals surface area (Å²) in [5.74, 6) is -1.01. The van der Waals surface area contributed by atoms with E-state index in [1.54, 1.807) is 12.1 Å². The van der Waals surface area contributed by atoms with Gasteiger partial charge in [-0.15, -0.1) is 0 Å². The maximum atomic E-state index is 12.9. The van der Waals surface area contributed by atoms with Crippen molar-refractivity contribution in [2.24, 2.45) is 4.99 Å². The number of rotatable bonds is 4. The zero-order valence-corrected chi connectivity index (χ0v) is 13.3. The van der Waals surface area contributed by atoms with Crippen molar-refractivity contribution in [3.05, 3.63) is 80.5 Å². The van der Waals surface area contributed by atoms with Crippen LogP contribution >= 0.6 is 11.6 Å². The molecule has 0 spiro atoms. The summed E-state index contributed by atoms with van der Waals surface area (Å²) in [5.41, 5.74) is 0.650. The average molecular weight is 364 g/mol. The van der Waals surface area contributed by atoms with Crippen LogP contribution in [0.1, 0.15) is 5.56 Å². The lowest BCUT2D eigenvalue weighted by Crippen LogP contribution is -2.22. The van der Waals surface area contributed by atoms with Crippen LogP contribution in [0, 0.1) is 15.9 Å². The van der Waals surface area contributed by atoms with Gasteiger partial charge < -0.3 is 15.3 Å². The van der Waals surface area contributed by atoms with E-state index in [0.717, 1.165) is 4.80 Å². The van der Waals surface area contributed by atoms with Gasteiger partial charge in [-0.1, -0.05) is 28.6 Å². The number of benzene rings is 2. The molecule has 3 rings (SSSR count). The van der Waals surface area contributed by atoms with Gasteiger partial charge in [0.05, 0.1) is 11.6 Å². The zero-order valence-electron chi connectivity index (χ0n) is 12.6. The summed E-state index contributed by atoms with van der Waals surface area (Å²) in [6, 6.07) is 11.7. The van der Waals surface area contributed by atoms with Crippen molar-refractivity contribution < 1.29 is 14.5 Å². The molecule has 0 aliphatic heterocycles. The van der Waals surface area contributed by atoms with Gasteiger partial charge in [0.1, 0.15) is 11.5 Å². The number of aromatic nitrogens is 3. The average Bonchev–Trinajstić information content (AvgIpc) is 2.92. The molecule has 0 amide bonds. The second-order valence-electron chi connectivity index (χ2n) is 5.00. The maximum Gasteiger partial charge on any atom is 0.438 e. The SMILES string of the molecule is O=[N+]([O-])c1nn(-c2ccc(Cl)cc2)n(O)c1=NCc1ccc(F)cc1.